The highest BCUT2D eigenvalue weighted by atomic mass is 16.6. The van der Waals surface area contributed by atoms with Crippen LogP contribution in [-0.2, 0) is 14.4 Å². The van der Waals surface area contributed by atoms with Crippen LogP contribution in [0.5, 0.6) is 0 Å². The van der Waals surface area contributed by atoms with Crippen molar-refractivity contribution in [3.8, 4) is 0 Å². The Kier molecular flexibility index (Phi) is 6.70. The summed E-state index contributed by atoms with van der Waals surface area (Å²) in [4.78, 5) is 15.7. The molecule has 72 valence electrons. The molecule has 0 fully saturated rings. The minimum atomic E-state index is -0.0965. The zero-order valence-electron chi connectivity index (χ0n) is 7.92. The number of rotatable bonds is 6. The Balaban J connectivity index is 3.31. The summed E-state index contributed by atoms with van der Waals surface area (Å²) in [5.41, 5.74) is 2.32. The predicted octanol–water partition coefficient (Wildman–Crippen LogP) is 0.869. The fraction of sp³-hybridized carbons (Fsp3) is 0.875. The number of carbonyl (C=O) groups excluding carboxylic acids is 1. The summed E-state index contributed by atoms with van der Waals surface area (Å²) in [5, 5.41) is 0. The van der Waals surface area contributed by atoms with E-state index in [0.29, 0.717) is 13.0 Å². The van der Waals surface area contributed by atoms with Gasteiger partial charge in [-0.3, -0.25) is 9.63 Å². The van der Waals surface area contributed by atoms with Crippen LogP contribution in [0.25, 0.3) is 0 Å². The Labute approximate surface area is 73.2 Å². The van der Waals surface area contributed by atoms with Gasteiger partial charge in [-0.2, -0.15) is 0 Å². The monoisotopic (exact) mass is 175 g/mol. The van der Waals surface area contributed by atoms with Crippen molar-refractivity contribution in [2.45, 2.75) is 32.8 Å². The summed E-state index contributed by atoms with van der Waals surface area (Å²) in [6.45, 7) is 4.23. The summed E-state index contributed by atoms with van der Waals surface area (Å²) in [6, 6.07) is 0. The Morgan fingerprint density at radius 1 is 1.58 bits per heavy atom. The lowest BCUT2D eigenvalue weighted by atomic mass is 10.2. The molecule has 0 aromatic heterocycles. The molecule has 0 aliphatic carbocycles. The van der Waals surface area contributed by atoms with Crippen molar-refractivity contribution in [2.24, 2.45) is 0 Å². The smallest absolute Gasteiger partial charge is 0.243 e. The molecule has 0 spiro atoms. The van der Waals surface area contributed by atoms with E-state index < -0.39 is 0 Å². The fourth-order valence-electron chi connectivity index (χ4n) is 0.656. The molecule has 4 nitrogen and oxygen atoms in total. The molecular weight excluding hydrogens is 158 g/mol. The third-order valence-electron chi connectivity index (χ3n) is 1.51. The number of methoxy groups -OCH3 is 1. The number of hydrogen-bond acceptors (Lipinski definition) is 3. The lowest BCUT2D eigenvalue weighted by Crippen LogP contribution is -2.24. The predicted molar refractivity (Wildman–Crippen MR) is 45.5 cm³/mol. The Hall–Kier alpha value is -0.610. The number of amides is 1. The number of hydroxylamine groups is 1. The largest absolute Gasteiger partial charge is 0.382 e. The molecule has 0 radical (unpaired) electrons. The van der Waals surface area contributed by atoms with Crippen LogP contribution in [0, 0.1) is 0 Å². The minimum Gasteiger partial charge on any atom is -0.382 e. The van der Waals surface area contributed by atoms with Crippen molar-refractivity contribution >= 4 is 5.91 Å². The number of nitrogens with one attached hydrogen (secondary N) is 1. The van der Waals surface area contributed by atoms with Gasteiger partial charge in [0.25, 0.3) is 0 Å². The van der Waals surface area contributed by atoms with Crippen LogP contribution in [0.1, 0.15) is 26.7 Å². The first-order valence-electron chi connectivity index (χ1n) is 4.14. The zero-order valence-corrected chi connectivity index (χ0v) is 7.92. The summed E-state index contributed by atoms with van der Waals surface area (Å²) >= 11 is 0. The summed E-state index contributed by atoms with van der Waals surface area (Å²) in [7, 11) is 1.63. The first kappa shape index (κ1) is 11.4. The van der Waals surface area contributed by atoms with Crippen molar-refractivity contribution in [3.05, 3.63) is 0 Å². The van der Waals surface area contributed by atoms with Crippen molar-refractivity contribution in [3.63, 3.8) is 0 Å². The van der Waals surface area contributed by atoms with E-state index in [2.05, 4.69) is 5.48 Å². The molecule has 0 aromatic rings. The molecule has 4 heteroatoms. The van der Waals surface area contributed by atoms with Crippen LogP contribution < -0.4 is 5.48 Å². The number of hydrogen-bond donors (Lipinski definition) is 1. The summed E-state index contributed by atoms with van der Waals surface area (Å²) < 4.78 is 4.98. The third-order valence-corrected chi connectivity index (χ3v) is 1.51. The first-order chi connectivity index (χ1) is 5.70. The standard InChI is InChI=1S/C8H17NO3/c1-4-12-9-8(10)6-5-7(2)11-3/h7H,4-6H2,1-3H3,(H,9,10). The van der Waals surface area contributed by atoms with Gasteiger partial charge in [0.05, 0.1) is 12.7 Å². The third kappa shape index (κ3) is 6.12. The van der Waals surface area contributed by atoms with Gasteiger partial charge in [0.1, 0.15) is 0 Å². The van der Waals surface area contributed by atoms with E-state index in [1.165, 1.54) is 0 Å². The van der Waals surface area contributed by atoms with Gasteiger partial charge < -0.3 is 4.74 Å². The van der Waals surface area contributed by atoms with Gasteiger partial charge in [-0.15, -0.1) is 0 Å². The van der Waals surface area contributed by atoms with E-state index in [-0.39, 0.29) is 12.0 Å². The van der Waals surface area contributed by atoms with Crippen LogP contribution in [0.15, 0.2) is 0 Å². The van der Waals surface area contributed by atoms with Crippen molar-refractivity contribution in [1.29, 1.82) is 0 Å². The maximum absolute atomic E-state index is 10.9. The number of carbonyl (C=O) groups is 1. The summed E-state index contributed by atoms with van der Waals surface area (Å²) in [6.07, 6.45) is 1.28. The second kappa shape index (κ2) is 7.06. The molecule has 1 atom stereocenters. The molecule has 0 saturated heterocycles. The van der Waals surface area contributed by atoms with Crippen LogP contribution in [0.2, 0.25) is 0 Å². The maximum atomic E-state index is 10.9. The van der Waals surface area contributed by atoms with Crippen LogP contribution in [0.3, 0.4) is 0 Å². The molecule has 1 unspecified atom stereocenters. The molecule has 0 bridgehead atoms. The molecule has 12 heavy (non-hydrogen) atoms. The van der Waals surface area contributed by atoms with Gasteiger partial charge in [0.15, 0.2) is 0 Å². The highest BCUT2D eigenvalue weighted by Gasteiger charge is 2.04. The zero-order chi connectivity index (χ0) is 9.40. The lowest BCUT2D eigenvalue weighted by Gasteiger charge is -2.08. The van der Waals surface area contributed by atoms with Gasteiger partial charge >= 0.3 is 0 Å². The normalized spacial score (nSPS) is 12.6. The molecule has 1 amide bonds. The second-order valence-corrected chi connectivity index (χ2v) is 2.54. The average Bonchev–Trinajstić information content (AvgIpc) is 2.10. The Morgan fingerprint density at radius 2 is 2.25 bits per heavy atom. The molecule has 1 N–H and O–H groups in total. The van der Waals surface area contributed by atoms with Crippen LogP contribution >= 0.6 is 0 Å². The highest BCUT2D eigenvalue weighted by Crippen LogP contribution is 1.99. The molecule has 0 aliphatic heterocycles. The van der Waals surface area contributed by atoms with Gasteiger partial charge in [-0.05, 0) is 20.3 Å². The van der Waals surface area contributed by atoms with E-state index in [4.69, 9.17) is 9.57 Å². The molecule has 0 saturated carbocycles. The van der Waals surface area contributed by atoms with E-state index in [0.717, 1.165) is 6.42 Å². The quantitative estimate of drug-likeness (QED) is 0.609. The van der Waals surface area contributed by atoms with Crippen molar-refractivity contribution in [1.82, 2.24) is 5.48 Å². The number of ether oxygens (including phenoxy) is 1. The first-order valence-corrected chi connectivity index (χ1v) is 4.14. The Morgan fingerprint density at radius 3 is 2.75 bits per heavy atom. The highest BCUT2D eigenvalue weighted by molar-refractivity contribution is 5.74. The van der Waals surface area contributed by atoms with Gasteiger partial charge in [0.2, 0.25) is 5.91 Å². The van der Waals surface area contributed by atoms with E-state index in [1.807, 2.05) is 13.8 Å². The second-order valence-electron chi connectivity index (χ2n) is 2.54. The van der Waals surface area contributed by atoms with Crippen LogP contribution in [-0.4, -0.2) is 25.7 Å². The molecular formula is C8H17NO3. The molecule has 0 aromatic carbocycles. The van der Waals surface area contributed by atoms with E-state index >= 15 is 0 Å². The van der Waals surface area contributed by atoms with Gasteiger partial charge in [0, 0.05) is 13.5 Å². The fourth-order valence-corrected chi connectivity index (χ4v) is 0.656. The average molecular weight is 175 g/mol. The Bertz CT molecular complexity index is 127. The SMILES string of the molecule is CCONC(=O)CCC(C)OC. The topological polar surface area (TPSA) is 47.6 Å². The summed E-state index contributed by atoms with van der Waals surface area (Å²) in [5.74, 6) is -0.0965. The van der Waals surface area contributed by atoms with E-state index in [1.54, 1.807) is 7.11 Å². The van der Waals surface area contributed by atoms with Crippen molar-refractivity contribution < 1.29 is 14.4 Å². The molecule has 0 heterocycles. The minimum absolute atomic E-state index is 0.0965. The van der Waals surface area contributed by atoms with Gasteiger partial charge in [-0.25, -0.2) is 5.48 Å². The van der Waals surface area contributed by atoms with Gasteiger partial charge in [-0.1, -0.05) is 0 Å². The maximum Gasteiger partial charge on any atom is 0.243 e. The van der Waals surface area contributed by atoms with E-state index in [9.17, 15) is 4.79 Å². The van der Waals surface area contributed by atoms with Crippen LogP contribution in [0.4, 0.5) is 0 Å². The van der Waals surface area contributed by atoms with Crippen molar-refractivity contribution in [2.75, 3.05) is 13.7 Å². The lowest BCUT2D eigenvalue weighted by molar-refractivity contribution is -0.133. The molecule has 0 rings (SSSR count). The molecule has 0 aliphatic rings.